The van der Waals surface area contributed by atoms with Gasteiger partial charge in [-0.15, -0.1) is 0 Å². The summed E-state index contributed by atoms with van der Waals surface area (Å²) in [5, 5.41) is 11.5. The standard InChI is InChI=1S/C23H25NOS/c1-24(2)18-17-23(25,19-9-5-3-6-10-19)20-13-15-22(16-14-20)26-21-11-7-4-8-12-21/h3-16,25H,17-18H2,1-2H3. The van der Waals surface area contributed by atoms with Gasteiger partial charge in [0.1, 0.15) is 5.60 Å². The lowest BCUT2D eigenvalue weighted by Crippen LogP contribution is -2.31. The molecule has 0 fully saturated rings. The Kier molecular flexibility index (Phi) is 6.15. The van der Waals surface area contributed by atoms with Crippen LogP contribution in [0.25, 0.3) is 0 Å². The Labute approximate surface area is 160 Å². The van der Waals surface area contributed by atoms with E-state index >= 15 is 0 Å². The number of hydrogen-bond donors (Lipinski definition) is 1. The molecule has 0 aliphatic heterocycles. The van der Waals surface area contributed by atoms with Gasteiger partial charge in [0.2, 0.25) is 0 Å². The lowest BCUT2D eigenvalue weighted by Gasteiger charge is -2.31. The summed E-state index contributed by atoms with van der Waals surface area (Å²) < 4.78 is 0. The molecule has 0 aliphatic carbocycles. The summed E-state index contributed by atoms with van der Waals surface area (Å²) in [6, 6.07) is 28.6. The van der Waals surface area contributed by atoms with Gasteiger partial charge in [0.25, 0.3) is 0 Å². The van der Waals surface area contributed by atoms with Crippen LogP contribution >= 0.6 is 11.8 Å². The second-order valence-electron chi connectivity index (χ2n) is 6.72. The quantitative estimate of drug-likeness (QED) is 0.637. The van der Waals surface area contributed by atoms with Crippen LogP contribution < -0.4 is 0 Å². The maximum Gasteiger partial charge on any atom is 0.116 e. The summed E-state index contributed by atoms with van der Waals surface area (Å²) in [6.07, 6.45) is 0.648. The van der Waals surface area contributed by atoms with Gasteiger partial charge in [-0.05, 0) is 55.9 Å². The molecule has 1 N–H and O–H groups in total. The molecule has 26 heavy (non-hydrogen) atoms. The van der Waals surface area contributed by atoms with Crippen LogP contribution in [0.15, 0.2) is 94.7 Å². The highest BCUT2D eigenvalue weighted by atomic mass is 32.2. The van der Waals surface area contributed by atoms with Gasteiger partial charge in [-0.25, -0.2) is 0 Å². The van der Waals surface area contributed by atoms with Crippen LogP contribution in [0.1, 0.15) is 17.5 Å². The van der Waals surface area contributed by atoms with Gasteiger partial charge >= 0.3 is 0 Å². The fourth-order valence-corrected chi connectivity index (χ4v) is 3.82. The van der Waals surface area contributed by atoms with Crippen molar-refractivity contribution in [1.82, 2.24) is 4.90 Å². The summed E-state index contributed by atoms with van der Waals surface area (Å²) in [5.74, 6) is 0. The Morgan fingerprint density at radius 1 is 0.731 bits per heavy atom. The molecule has 0 saturated heterocycles. The third-order valence-corrected chi connectivity index (χ3v) is 5.50. The molecule has 1 atom stereocenters. The number of benzene rings is 3. The molecule has 134 valence electrons. The van der Waals surface area contributed by atoms with Crippen LogP contribution in [-0.4, -0.2) is 30.6 Å². The zero-order valence-corrected chi connectivity index (χ0v) is 16.1. The van der Waals surface area contributed by atoms with Crippen molar-refractivity contribution in [2.45, 2.75) is 21.8 Å². The van der Waals surface area contributed by atoms with Crippen molar-refractivity contribution in [2.75, 3.05) is 20.6 Å². The van der Waals surface area contributed by atoms with E-state index in [4.69, 9.17) is 0 Å². The molecular weight excluding hydrogens is 338 g/mol. The Morgan fingerprint density at radius 3 is 1.81 bits per heavy atom. The normalized spacial score (nSPS) is 13.5. The van der Waals surface area contributed by atoms with E-state index in [2.05, 4.69) is 29.2 Å². The van der Waals surface area contributed by atoms with Crippen LogP contribution in [0.2, 0.25) is 0 Å². The van der Waals surface area contributed by atoms with Gasteiger partial charge in [-0.1, -0.05) is 72.4 Å². The lowest BCUT2D eigenvalue weighted by atomic mass is 9.83. The molecule has 2 nitrogen and oxygen atoms in total. The largest absolute Gasteiger partial charge is 0.380 e. The molecule has 0 aliphatic rings. The topological polar surface area (TPSA) is 23.5 Å². The number of nitrogens with zero attached hydrogens (tertiary/aromatic N) is 1. The molecule has 3 heteroatoms. The summed E-state index contributed by atoms with van der Waals surface area (Å²) in [6.45, 7) is 0.811. The van der Waals surface area contributed by atoms with Crippen molar-refractivity contribution in [3.8, 4) is 0 Å². The molecule has 0 bridgehead atoms. The first-order valence-corrected chi connectivity index (χ1v) is 9.66. The highest BCUT2D eigenvalue weighted by Gasteiger charge is 2.31. The molecule has 0 saturated carbocycles. The van der Waals surface area contributed by atoms with Gasteiger partial charge in [0, 0.05) is 16.3 Å². The minimum atomic E-state index is -0.985. The second kappa shape index (κ2) is 8.54. The third-order valence-electron chi connectivity index (χ3n) is 4.48. The summed E-state index contributed by atoms with van der Waals surface area (Å²) in [5.41, 5.74) is 0.884. The maximum atomic E-state index is 11.5. The minimum absolute atomic E-state index is 0.648. The number of rotatable bonds is 7. The van der Waals surface area contributed by atoms with Crippen molar-refractivity contribution >= 4 is 11.8 Å². The first-order valence-electron chi connectivity index (χ1n) is 8.84. The molecule has 0 radical (unpaired) electrons. The van der Waals surface area contributed by atoms with Crippen LogP contribution in [0, 0.1) is 0 Å². The van der Waals surface area contributed by atoms with Gasteiger partial charge in [-0.3, -0.25) is 0 Å². The summed E-state index contributed by atoms with van der Waals surface area (Å²) in [7, 11) is 4.07. The van der Waals surface area contributed by atoms with Gasteiger partial charge in [0.15, 0.2) is 0 Å². The number of hydrogen-bond acceptors (Lipinski definition) is 3. The van der Waals surface area contributed by atoms with E-state index in [-0.39, 0.29) is 0 Å². The molecule has 0 aromatic heterocycles. The molecule has 3 aromatic rings. The summed E-state index contributed by atoms with van der Waals surface area (Å²) in [4.78, 5) is 4.49. The van der Waals surface area contributed by atoms with E-state index in [1.807, 2.05) is 74.8 Å². The minimum Gasteiger partial charge on any atom is -0.380 e. The van der Waals surface area contributed by atoms with E-state index in [1.165, 1.54) is 9.79 Å². The van der Waals surface area contributed by atoms with E-state index < -0.39 is 5.60 Å². The van der Waals surface area contributed by atoms with Gasteiger partial charge in [0.05, 0.1) is 0 Å². The molecule has 3 aromatic carbocycles. The van der Waals surface area contributed by atoms with E-state index in [0.29, 0.717) is 6.42 Å². The van der Waals surface area contributed by atoms with Crippen molar-refractivity contribution in [3.05, 3.63) is 96.1 Å². The van der Waals surface area contributed by atoms with Gasteiger partial charge in [-0.2, -0.15) is 0 Å². The van der Waals surface area contributed by atoms with E-state index in [9.17, 15) is 5.11 Å². The van der Waals surface area contributed by atoms with Crippen molar-refractivity contribution in [2.24, 2.45) is 0 Å². The van der Waals surface area contributed by atoms with Crippen LogP contribution in [0.4, 0.5) is 0 Å². The second-order valence-corrected chi connectivity index (χ2v) is 7.87. The predicted molar refractivity (Wildman–Crippen MR) is 110 cm³/mol. The van der Waals surface area contributed by atoms with Crippen LogP contribution in [0.5, 0.6) is 0 Å². The average Bonchev–Trinajstić information content (AvgIpc) is 2.68. The summed E-state index contributed by atoms with van der Waals surface area (Å²) >= 11 is 1.73. The average molecular weight is 364 g/mol. The van der Waals surface area contributed by atoms with Crippen molar-refractivity contribution in [1.29, 1.82) is 0 Å². The zero-order valence-electron chi connectivity index (χ0n) is 15.3. The highest BCUT2D eigenvalue weighted by Crippen LogP contribution is 2.35. The lowest BCUT2D eigenvalue weighted by molar-refractivity contribution is 0.0628. The van der Waals surface area contributed by atoms with Crippen LogP contribution in [0.3, 0.4) is 0 Å². The van der Waals surface area contributed by atoms with E-state index in [1.54, 1.807) is 11.8 Å². The van der Waals surface area contributed by atoms with Crippen molar-refractivity contribution in [3.63, 3.8) is 0 Å². The zero-order chi connectivity index (χ0) is 18.4. The SMILES string of the molecule is CN(C)CCC(O)(c1ccccc1)c1ccc(Sc2ccccc2)cc1. The number of aliphatic hydroxyl groups is 1. The Balaban J connectivity index is 1.87. The predicted octanol–water partition coefficient (Wildman–Crippen LogP) is 5.03. The molecule has 3 rings (SSSR count). The highest BCUT2D eigenvalue weighted by molar-refractivity contribution is 7.99. The third kappa shape index (κ3) is 4.55. The first-order chi connectivity index (χ1) is 12.6. The maximum absolute atomic E-state index is 11.5. The van der Waals surface area contributed by atoms with Crippen molar-refractivity contribution < 1.29 is 5.11 Å². The molecular formula is C23H25NOS. The van der Waals surface area contributed by atoms with E-state index in [0.717, 1.165) is 17.7 Å². The Bertz CT molecular complexity index is 803. The molecule has 1 unspecified atom stereocenters. The van der Waals surface area contributed by atoms with Gasteiger partial charge < -0.3 is 10.0 Å². The fourth-order valence-electron chi connectivity index (χ4n) is 2.98. The monoisotopic (exact) mass is 363 g/mol. The Morgan fingerprint density at radius 2 is 1.23 bits per heavy atom. The molecule has 0 heterocycles. The fraction of sp³-hybridized carbons (Fsp3) is 0.217. The first kappa shape index (κ1) is 18.7. The molecule has 0 spiro atoms. The molecule has 0 amide bonds. The smallest absolute Gasteiger partial charge is 0.116 e. The van der Waals surface area contributed by atoms with Crippen LogP contribution in [-0.2, 0) is 5.60 Å². The Hall–Kier alpha value is -2.07.